The maximum atomic E-state index is 4.84. The zero-order chi connectivity index (χ0) is 102. The summed E-state index contributed by atoms with van der Waals surface area (Å²) >= 11 is 0. The SMILES string of the molecule is Cc1nc2c(C)c(C(C)C)c(C)nc2c(C)c1C.Cc1nc2c(C)c(C)nc(C)c2c(C)c1C(C)C.Cc1nc2c(C)c(C)nn2c(C)c1C(C)C.Cc1nc2c(C)nc(C)c(C)c2c(C)c1C(C)C.Cc1nc2c(C)nc(C)n2c(C)c1C(C)C.Cc1nc2nc(C)c(C(C)C)c(C)c2c(C)c1C.Cc1nc2nc(C)c(C(C)C)c(C)n2n1.Cc1nc2nc(C)c(C)n2c(C)c1C(C)C. The molecule has 0 aliphatic rings. The summed E-state index contributed by atoms with van der Waals surface area (Å²) in [6.07, 6.45) is 0. The van der Waals surface area contributed by atoms with E-state index in [0.717, 1.165) is 159 Å². The molecule has 0 atom stereocenters. The second-order valence-electron chi connectivity index (χ2n) is 40.7. The van der Waals surface area contributed by atoms with Crippen molar-refractivity contribution in [3.05, 3.63) is 243 Å². The summed E-state index contributed by atoms with van der Waals surface area (Å²) in [4.78, 5) is 69.5. The topological polar surface area (TPSA) is 237 Å². The number of hydrogen-bond donors (Lipinski definition) is 0. The Morgan fingerprint density at radius 1 is 0.170 bits per heavy atom. The van der Waals surface area contributed by atoms with Gasteiger partial charge in [-0.3, -0.25) is 38.7 Å². The highest BCUT2D eigenvalue weighted by atomic mass is 15.3. The van der Waals surface area contributed by atoms with Crippen LogP contribution < -0.4 is 0 Å². The maximum absolute atomic E-state index is 4.84. The molecular weight excluding hydrogens is 1660 g/mol. The fourth-order valence-electron chi connectivity index (χ4n) is 21.4. The Hall–Kier alpha value is -11.4. The highest BCUT2D eigenvalue weighted by molar-refractivity contribution is 5.90. The van der Waals surface area contributed by atoms with E-state index >= 15 is 0 Å². The van der Waals surface area contributed by atoms with Gasteiger partial charge in [0, 0.05) is 124 Å². The first-order chi connectivity index (χ1) is 62.7. The minimum Gasteiger partial charge on any atom is -0.285 e. The number of aryl methyl sites for hydroxylation is 33. The van der Waals surface area contributed by atoms with Crippen LogP contribution in [0.25, 0.3) is 66.7 Å². The quantitative estimate of drug-likeness (QED) is 0.137. The number of rotatable bonds is 8. The van der Waals surface area contributed by atoms with Gasteiger partial charge < -0.3 is 0 Å². The minimum atomic E-state index is 0.464. The molecule has 0 fully saturated rings. The Balaban J connectivity index is 0.000000173. The Bertz CT molecular complexity index is 7170. The largest absolute Gasteiger partial charge is 0.285 e. The summed E-state index contributed by atoms with van der Waals surface area (Å²) in [7, 11) is 0. The van der Waals surface area contributed by atoms with Crippen molar-refractivity contribution < 1.29 is 0 Å². The lowest BCUT2D eigenvalue weighted by Gasteiger charge is -2.18. The van der Waals surface area contributed by atoms with E-state index in [1.54, 1.807) is 0 Å². The first kappa shape index (κ1) is 107. The number of aromatic nitrogens is 21. The van der Waals surface area contributed by atoms with Gasteiger partial charge in [-0.05, 0) is 390 Å². The molecule has 722 valence electrons. The van der Waals surface area contributed by atoms with Gasteiger partial charge in [-0.1, -0.05) is 111 Å². The van der Waals surface area contributed by atoms with Crippen LogP contribution >= 0.6 is 0 Å². The molecule has 21 nitrogen and oxygen atoms in total. The molecule has 21 heteroatoms. The fourth-order valence-corrected chi connectivity index (χ4v) is 21.4. The van der Waals surface area contributed by atoms with Crippen molar-refractivity contribution in [3.8, 4) is 0 Å². The fraction of sp³-hybridized carbons (Fsp3) is 0.518. The van der Waals surface area contributed by atoms with Crippen LogP contribution in [0.1, 0.15) is 401 Å². The van der Waals surface area contributed by atoms with Gasteiger partial charge in [-0.25, -0.2) is 48.9 Å². The molecule has 0 N–H and O–H groups in total. The van der Waals surface area contributed by atoms with Crippen molar-refractivity contribution in [2.45, 2.75) is 400 Å². The molecule has 16 rings (SSSR count). The monoisotopic (exact) mass is 1820 g/mol. The molecule has 0 saturated carbocycles. The van der Waals surface area contributed by atoms with E-state index in [4.69, 9.17) is 24.9 Å². The second-order valence-corrected chi connectivity index (χ2v) is 40.7. The van der Waals surface area contributed by atoms with Crippen molar-refractivity contribution in [1.29, 1.82) is 0 Å². The zero-order valence-corrected chi connectivity index (χ0v) is 92.5. The van der Waals surface area contributed by atoms with Crippen LogP contribution in [0.4, 0.5) is 0 Å². The first-order valence-electron chi connectivity index (χ1n) is 48.8. The smallest absolute Gasteiger partial charge is 0.252 e. The van der Waals surface area contributed by atoms with E-state index in [-0.39, 0.29) is 0 Å². The lowest BCUT2D eigenvalue weighted by molar-refractivity contribution is 0.775. The van der Waals surface area contributed by atoms with Crippen LogP contribution in [0.3, 0.4) is 0 Å². The summed E-state index contributed by atoms with van der Waals surface area (Å²) in [6, 6.07) is 0. The van der Waals surface area contributed by atoms with Crippen molar-refractivity contribution in [3.63, 3.8) is 0 Å². The number of nitrogens with zero attached hydrogens (tertiary/aromatic N) is 21. The van der Waals surface area contributed by atoms with Gasteiger partial charge >= 0.3 is 0 Å². The van der Waals surface area contributed by atoms with E-state index < -0.39 is 0 Å². The van der Waals surface area contributed by atoms with Gasteiger partial charge in [0.05, 0.1) is 44.8 Å². The maximum Gasteiger partial charge on any atom is 0.252 e. The molecule has 0 aliphatic heterocycles. The Kier molecular flexibility index (Phi) is 33.8. The molecule has 0 radical (unpaired) electrons. The van der Waals surface area contributed by atoms with Crippen LogP contribution in [0.15, 0.2) is 0 Å². The van der Waals surface area contributed by atoms with E-state index in [1.165, 1.54) is 145 Å². The second kappa shape index (κ2) is 42.5. The summed E-state index contributed by atoms with van der Waals surface area (Å²) < 4.78 is 8.14. The molecule has 0 saturated heterocycles. The molecule has 16 aromatic rings. The van der Waals surface area contributed by atoms with E-state index in [1.807, 2.05) is 50.6 Å². The zero-order valence-electron chi connectivity index (χ0n) is 92.5. The normalized spacial score (nSPS) is 11.6. The first-order valence-corrected chi connectivity index (χ1v) is 48.8. The number of pyridine rings is 8. The summed E-state index contributed by atoms with van der Waals surface area (Å²) in [5.74, 6) is 7.28. The van der Waals surface area contributed by atoms with Crippen molar-refractivity contribution in [2.75, 3.05) is 0 Å². The average molecular weight is 1830 g/mol. The molecule has 0 bridgehead atoms. The van der Waals surface area contributed by atoms with E-state index in [0.29, 0.717) is 53.1 Å². The molecule has 135 heavy (non-hydrogen) atoms. The molecule has 0 amide bonds. The van der Waals surface area contributed by atoms with E-state index in [2.05, 4.69) is 380 Å². The van der Waals surface area contributed by atoms with Gasteiger partial charge in [-0.2, -0.15) is 15.2 Å². The van der Waals surface area contributed by atoms with E-state index in [9.17, 15) is 0 Å². The molecule has 0 spiro atoms. The van der Waals surface area contributed by atoms with Gasteiger partial charge in [0.1, 0.15) is 11.6 Å². The summed E-state index contributed by atoms with van der Waals surface area (Å²) in [5.41, 5.74) is 56.9. The number of hydrogen-bond acceptors (Lipinski definition) is 17. The minimum absolute atomic E-state index is 0.464. The molecule has 0 unspecified atom stereocenters. The third kappa shape index (κ3) is 21.4. The highest BCUT2D eigenvalue weighted by Crippen LogP contribution is 2.38. The molecule has 0 aromatic carbocycles. The van der Waals surface area contributed by atoms with Gasteiger partial charge in [0.2, 0.25) is 5.78 Å². The molecular formula is C114H161N21. The lowest BCUT2D eigenvalue weighted by atomic mass is 9.91. The molecule has 0 aliphatic carbocycles. The standard InChI is InChI=1S/4C16H22N2.3C13H19N3.C11H16N4/c1-8(2)14-10(4)15-13(7)17-11(5)9(3)16(15)18-12(14)6;1-8(2)14-10(4)15-9(3)11(5)17-13(7)16(15)18-12(14)6;1-8(2)14-11(5)16-15(18-13(14)7)10(4)9(3)12(6)17-16;1-8(2)14-11(5)15-10(4)9(3)12(6)17-16(15)18-13(14)7;1-7(2)12-8(3)15-13-9(4)14-11(6)16(13)10(12)5;1-7(2)12-9(4)15-13-14-8(3)10(5)16(13)11(12)6;1-7(2)12-10(5)14-13-8(3)9(4)15-16(13)11(12)6;1-6(2)10-7(3)12-11-13-9(5)14-15(11)8(10)4/h4*8H,1-7H3;3*7H,1-6H3;6H,1-5H3. The molecule has 16 aromatic heterocycles. The summed E-state index contributed by atoms with van der Waals surface area (Å²) in [5, 5.41) is 12.7. The predicted molar refractivity (Wildman–Crippen MR) is 566 cm³/mol. The van der Waals surface area contributed by atoms with Gasteiger partial charge in [0.15, 0.2) is 16.9 Å². The van der Waals surface area contributed by atoms with Gasteiger partial charge in [-0.15, -0.1) is 0 Å². The van der Waals surface area contributed by atoms with Crippen LogP contribution in [0.2, 0.25) is 0 Å². The molecule has 16 heterocycles. The van der Waals surface area contributed by atoms with Crippen molar-refractivity contribution in [2.24, 2.45) is 0 Å². The number of fused-ring (bicyclic) bond motifs is 8. The Labute approximate surface area is 807 Å². The summed E-state index contributed by atoms with van der Waals surface area (Å²) in [6.45, 7) is 109. The van der Waals surface area contributed by atoms with Crippen LogP contribution in [-0.4, -0.2) is 103 Å². The Morgan fingerprint density at radius 3 is 1.02 bits per heavy atom. The Morgan fingerprint density at radius 2 is 0.519 bits per heavy atom. The van der Waals surface area contributed by atoms with Gasteiger partial charge in [0.25, 0.3) is 5.78 Å². The number of imidazole rings is 2. The van der Waals surface area contributed by atoms with Crippen LogP contribution in [0, 0.1) is 242 Å². The lowest BCUT2D eigenvalue weighted by Crippen LogP contribution is -2.06. The highest BCUT2D eigenvalue weighted by Gasteiger charge is 2.26. The van der Waals surface area contributed by atoms with Crippen molar-refractivity contribution >= 4 is 66.7 Å². The average Bonchev–Trinajstić information content (AvgIpc) is 1.29. The van der Waals surface area contributed by atoms with Crippen molar-refractivity contribution in [1.82, 2.24) is 103 Å². The third-order valence-electron chi connectivity index (χ3n) is 28.0. The third-order valence-corrected chi connectivity index (χ3v) is 28.0. The van der Waals surface area contributed by atoms with Crippen LogP contribution in [0.5, 0.6) is 0 Å². The van der Waals surface area contributed by atoms with Crippen LogP contribution in [-0.2, 0) is 0 Å². The predicted octanol–water partition coefficient (Wildman–Crippen LogP) is 28.6.